The maximum absolute atomic E-state index is 13.0. The van der Waals surface area contributed by atoms with Crippen molar-refractivity contribution in [3.63, 3.8) is 0 Å². The average molecular weight is 455 g/mol. The van der Waals surface area contributed by atoms with Gasteiger partial charge in [-0.15, -0.1) is 0 Å². The molecule has 3 aromatic rings. The molecule has 3 aromatic carbocycles. The molecule has 9 nitrogen and oxygen atoms in total. The lowest BCUT2D eigenvalue weighted by atomic mass is 10.1. The molecule has 10 heteroatoms. The summed E-state index contributed by atoms with van der Waals surface area (Å²) in [6, 6.07) is 17.5. The molecule has 0 unspecified atom stereocenters. The first-order chi connectivity index (χ1) is 15.3. The monoisotopic (exact) mass is 454 g/mol. The van der Waals surface area contributed by atoms with E-state index in [-0.39, 0.29) is 22.0 Å². The van der Waals surface area contributed by atoms with Crippen LogP contribution in [-0.4, -0.2) is 26.7 Å². The number of benzene rings is 3. The predicted molar refractivity (Wildman–Crippen MR) is 124 cm³/mol. The van der Waals surface area contributed by atoms with Gasteiger partial charge >= 0.3 is 0 Å². The highest BCUT2D eigenvalue weighted by atomic mass is 32.2. The second-order valence-electron chi connectivity index (χ2n) is 6.74. The maximum atomic E-state index is 13.0. The highest BCUT2D eigenvalue weighted by Gasteiger charge is 2.22. The number of aryl methyl sites for hydroxylation is 1. The van der Waals surface area contributed by atoms with Gasteiger partial charge in [0.25, 0.3) is 15.7 Å². The van der Waals surface area contributed by atoms with Crippen molar-refractivity contribution >= 4 is 33.3 Å². The van der Waals surface area contributed by atoms with Gasteiger partial charge in [-0.1, -0.05) is 31.2 Å². The number of nitro groups is 1. The summed E-state index contributed by atoms with van der Waals surface area (Å²) in [5, 5.41) is 15.3. The predicted octanol–water partition coefficient (Wildman–Crippen LogP) is 4.41. The topological polar surface area (TPSA) is 123 Å². The molecule has 0 aliphatic carbocycles. The Balaban J connectivity index is 1.88. The van der Waals surface area contributed by atoms with Crippen LogP contribution in [0.3, 0.4) is 0 Å². The van der Waals surface area contributed by atoms with Gasteiger partial charge in [0.1, 0.15) is 10.6 Å². The van der Waals surface area contributed by atoms with E-state index in [1.165, 1.54) is 43.2 Å². The highest BCUT2D eigenvalue weighted by molar-refractivity contribution is 7.92. The van der Waals surface area contributed by atoms with Gasteiger partial charge in [-0.25, -0.2) is 8.42 Å². The molecule has 0 heterocycles. The summed E-state index contributed by atoms with van der Waals surface area (Å²) in [6.07, 6.45) is 2.45. The Morgan fingerprint density at radius 2 is 1.75 bits per heavy atom. The molecule has 0 saturated heterocycles. The number of nitro benzene ring substituents is 1. The van der Waals surface area contributed by atoms with Crippen molar-refractivity contribution in [2.75, 3.05) is 17.3 Å². The molecular weight excluding hydrogens is 432 g/mol. The van der Waals surface area contributed by atoms with E-state index < -0.39 is 14.9 Å². The van der Waals surface area contributed by atoms with E-state index in [9.17, 15) is 18.5 Å². The van der Waals surface area contributed by atoms with Crippen LogP contribution >= 0.6 is 0 Å². The van der Waals surface area contributed by atoms with Crippen LogP contribution in [0, 0.1) is 10.1 Å². The Labute approximate surface area is 185 Å². The fraction of sp³-hybridized carbons (Fsp3) is 0.136. The summed E-state index contributed by atoms with van der Waals surface area (Å²) in [5.41, 5.74) is 4.69. The third kappa shape index (κ3) is 5.61. The molecule has 166 valence electrons. The molecule has 0 atom stereocenters. The SMILES string of the molecule is CCc1ccc(/C=N/Nc2ccc([N+](=O)[O-])cc2S(=O)(=O)Nc2ccc(OC)cc2)cc1. The molecule has 0 saturated carbocycles. The van der Waals surface area contributed by atoms with Crippen molar-refractivity contribution in [1.82, 2.24) is 0 Å². The zero-order chi connectivity index (χ0) is 23.1. The minimum absolute atomic E-state index is 0.0954. The van der Waals surface area contributed by atoms with Crippen molar-refractivity contribution < 1.29 is 18.1 Å². The number of ether oxygens (including phenoxy) is 1. The Morgan fingerprint density at radius 1 is 1.06 bits per heavy atom. The Morgan fingerprint density at radius 3 is 2.34 bits per heavy atom. The number of rotatable bonds is 9. The van der Waals surface area contributed by atoms with Crippen LogP contribution in [0.15, 0.2) is 76.7 Å². The fourth-order valence-corrected chi connectivity index (χ4v) is 4.06. The molecule has 0 spiro atoms. The van der Waals surface area contributed by atoms with Crippen LogP contribution in [0.4, 0.5) is 17.1 Å². The molecule has 0 aliphatic heterocycles. The van der Waals surface area contributed by atoms with Gasteiger partial charge in [0, 0.05) is 17.8 Å². The van der Waals surface area contributed by atoms with Gasteiger partial charge in [0.15, 0.2) is 0 Å². The number of hydrogen-bond acceptors (Lipinski definition) is 7. The van der Waals surface area contributed by atoms with E-state index in [1.54, 1.807) is 12.1 Å². The van der Waals surface area contributed by atoms with Crippen molar-refractivity contribution in [3.05, 3.63) is 88.0 Å². The largest absolute Gasteiger partial charge is 0.497 e. The zero-order valence-electron chi connectivity index (χ0n) is 17.5. The molecule has 3 rings (SSSR count). The van der Waals surface area contributed by atoms with Crippen molar-refractivity contribution in [3.8, 4) is 5.75 Å². The molecule has 0 fully saturated rings. The van der Waals surface area contributed by atoms with E-state index in [4.69, 9.17) is 4.74 Å². The number of non-ortho nitro benzene ring substituents is 1. The van der Waals surface area contributed by atoms with E-state index in [1.807, 2.05) is 24.3 Å². The minimum Gasteiger partial charge on any atom is -0.497 e. The summed E-state index contributed by atoms with van der Waals surface area (Å²) < 4.78 is 33.5. The smallest absolute Gasteiger partial charge is 0.270 e. The molecular formula is C22H22N4O5S. The van der Waals surface area contributed by atoms with Gasteiger partial charge < -0.3 is 4.74 Å². The third-order valence-electron chi connectivity index (χ3n) is 4.59. The second kappa shape index (κ2) is 9.92. The summed E-state index contributed by atoms with van der Waals surface area (Å²) >= 11 is 0. The molecule has 0 aliphatic rings. The van der Waals surface area contributed by atoms with Gasteiger partial charge in [-0.2, -0.15) is 5.10 Å². The molecule has 2 N–H and O–H groups in total. The lowest BCUT2D eigenvalue weighted by Crippen LogP contribution is -2.15. The van der Waals surface area contributed by atoms with Gasteiger partial charge in [0.2, 0.25) is 0 Å². The Bertz CT molecular complexity index is 1220. The molecule has 0 radical (unpaired) electrons. The average Bonchev–Trinajstić information content (AvgIpc) is 2.79. The Kier molecular flexibility index (Phi) is 7.06. The van der Waals surface area contributed by atoms with Crippen molar-refractivity contribution in [2.24, 2.45) is 5.10 Å². The normalized spacial score (nSPS) is 11.3. The van der Waals surface area contributed by atoms with Crippen LogP contribution < -0.4 is 14.9 Å². The number of methoxy groups -OCH3 is 1. The standard InChI is InChI=1S/C22H22N4O5S/c1-3-16-4-6-17(7-5-16)15-23-24-21-13-10-19(26(27)28)14-22(21)32(29,30)25-18-8-11-20(31-2)12-9-18/h4-15,24-25H,3H2,1-2H3/b23-15+. The summed E-state index contributed by atoms with van der Waals surface area (Å²) in [6.45, 7) is 2.06. The lowest BCUT2D eigenvalue weighted by molar-refractivity contribution is -0.385. The van der Waals surface area contributed by atoms with E-state index >= 15 is 0 Å². The van der Waals surface area contributed by atoms with Crippen LogP contribution in [-0.2, 0) is 16.4 Å². The molecule has 0 aromatic heterocycles. The number of nitrogens with one attached hydrogen (secondary N) is 2. The second-order valence-corrected chi connectivity index (χ2v) is 8.39. The number of hydrogen-bond donors (Lipinski definition) is 2. The van der Waals surface area contributed by atoms with E-state index in [0.717, 1.165) is 18.1 Å². The number of hydrazone groups is 1. The zero-order valence-corrected chi connectivity index (χ0v) is 18.3. The molecule has 0 bridgehead atoms. The minimum atomic E-state index is -4.16. The van der Waals surface area contributed by atoms with Gasteiger partial charge in [0.05, 0.1) is 23.9 Å². The molecule has 32 heavy (non-hydrogen) atoms. The lowest BCUT2D eigenvalue weighted by Gasteiger charge is -2.12. The first-order valence-corrected chi connectivity index (χ1v) is 11.1. The van der Waals surface area contributed by atoms with Crippen LogP contribution in [0.25, 0.3) is 0 Å². The third-order valence-corrected chi connectivity index (χ3v) is 6.02. The van der Waals surface area contributed by atoms with Crippen LogP contribution in [0.5, 0.6) is 5.75 Å². The van der Waals surface area contributed by atoms with Crippen LogP contribution in [0.1, 0.15) is 18.1 Å². The number of sulfonamides is 1. The molecule has 0 amide bonds. The van der Waals surface area contributed by atoms with Crippen molar-refractivity contribution in [2.45, 2.75) is 18.2 Å². The van der Waals surface area contributed by atoms with Gasteiger partial charge in [-0.05, 0) is 47.9 Å². The Hall–Kier alpha value is -3.92. The van der Waals surface area contributed by atoms with E-state index in [0.29, 0.717) is 5.75 Å². The maximum Gasteiger partial charge on any atom is 0.270 e. The summed E-state index contributed by atoms with van der Waals surface area (Å²) in [5.74, 6) is 0.562. The summed E-state index contributed by atoms with van der Waals surface area (Å²) in [7, 11) is -2.66. The number of anilines is 2. The van der Waals surface area contributed by atoms with E-state index in [2.05, 4.69) is 22.2 Å². The highest BCUT2D eigenvalue weighted by Crippen LogP contribution is 2.28. The fourth-order valence-electron chi connectivity index (χ4n) is 2.82. The first-order valence-electron chi connectivity index (χ1n) is 9.65. The van der Waals surface area contributed by atoms with Crippen molar-refractivity contribution in [1.29, 1.82) is 0 Å². The quantitative estimate of drug-likeness (QED) is 0.280. The van der Waals surface area contributed by atoms with Gasteiger partial charge in [-0.3, -0.25) is 20.3 Å². The summed E-state index contributed by atoms with van der Waals surface area (Å²) in [4.78, 5) is 10.2. The van der Waals surface area contributed by atoms with Crippen LogP contribution in [0.2, 0.25) is 0 Å². The first kappa shape index (κ1) is 22.8. The number of nitrogens with zero attached hydrogens (tertiary/aromatic N) is 2.